The molecule has 1 aliphatic rings. The van der Waals surface area contributed by atoms with Gasteiger partial charge in [0.2, 0.25) is 0 Å². The van der Waals surface area contributed by atoms with Gasteiger partial charge in [-0.15, -0.1) is 0 Å². The summed E-state index contributed by atoms with van der Waals surface area (Å²) in [7, 11) is -1.59. The van der Waals surface area contributed by atoms with Crippen molar-refractivity contribution in [2.45, 2.75) is 25.5 Å². The normalized spacial score (nSPS) is 18.8. The van der Waals surface area contributed by atoms with Gasteiger partial charge in [0.15, 0.2) is 27.4 Å². The molecular weight excluding hydrogens is 398 g/mol. The van der Waals surface area contributed by atoms with E-state index in [0.29, 0.717) is 30.1 Å². The van der Waals surface area contributed by atoms with Crippen LogP contribution in [0.1, 0.15) is 18.9 Å². The number of amides is 1. The van der Waals surface area contributed by atoms with Crippen LogP contribution in [0.5, 0.6) is 11.5 Å². The Balaban J connectivity index is 1.89. The molecule has 2 rings (SSSR count). The summed E-state index contributed by atoms with van der Waals surface area (Å²) in [5.41, 5.74) is 0.679. The van der Waals surface area contributed by atoms with Gasteiger partial charge in [-0.3, -0.25) is 4.79 Å². The van der Waals surface area contributed by atoms with E-state index >= 15 is 0 Å². The lowest BCUT2D eigenvalue weighted by Gasteiger charge is -2.15. The fraction of sp³-hybridized carbons (Fsp3) is 0.400. The lowest BCUT2D eigenvalue weighted by molar-refractivity contribution is -0.150. The zero-order valence-corrected chi connectivity index (χ0v) is 17.2. The number of hydrogen-bond donors (Lipinski definition) is 1. The predicted octanol–water partition coefficient (Wildman–Crippen LogP) is 1.51. The number of sulfone groups is 1. The third-order valence-electron chi connectivity index (χ3n) is 4.20. The second kappa shape index (κ2) is 10.1. The van der Waals surface area contributed by atoms with Crippen molar-refractivity contribution >= 4 is 27.8 Å². The van der Waals surface area contributed by atoms with Crippen LogP contribution in [-0.4, -0.2) is 57.7 Å². The van der Waals surface area contributed by atoms with Gasteiger partial charge in [-0.25, -0.2) is 13.2 Å². The highest BCUT2D eigenvalue weighted by Crippen LogP contribution is 2.28. The molecule has 0 bridgehead atoms. The molecule has 1 heterocycles. The van der Waals surface area contributed by atoms with Crippen molar-refractivity contribution in [1.82, 2.24) is 5.32 Å². The molecular formula is C20H25NO7S. The predicted molar refractivity (Wildman–Crippen MR) is 108 cm³/mol. The van der Waals surface area contributed by atoms with Gasteiger partial charge >= 0.3 is 5.97 Å². The van der Waals surface area contributed by atoms with Crippen LogP contribution in [0.3, 0.4) is 0 Å². The molecule has 0 unspecified atom stereocenters. The minimum absolute atomic E-state index is 0.0513. The van der Waals surface area contributed by atoms with Crippen LogP contribution < -0.4 is 14.8 Å². The zero-order valence-electron chi connectivity index (χ0n) is 16.4. The Kier molecular flexibility index (Phi) is 7.83. The molecule has 1 aliphatic heterocycles. The van der Waals surface area contributed by atoms with E-state index in [0.717, 1.165) is 0 Å². The maximum Gasteiger partial charge on any atom is 0.331 e. The van der Waals surface area contributed by atoms with Gasteiger partial charge in [-0.05, 0) is 37.1 Å². The van der Waals surface area contributed by atoms with Crippen molar-refractivity contribution in [3.05, 3.63) is 42.5 Å². The number of nitrogens with one attached hydrogen (secondary N) is 1. The Bertz CT molecular complexity index is 892. The van der Waals surface area contributed by atoms with E-state index in [2.05, 4.69) is 11.9 Å². The SMILES string of the molecule is C=CCOc1ccc(/C=C/C(=O)O[C@@H](C)C(=O)N[C@@H]2CCS(=O)(=O)C2)cc1OC. The first-order valence-corrected chi connectivity index (χ1v) is 10.9. The molecule has 1 amide bonds. The van der Waals surface area contributed by atoms with Crippen LogP contribution in [0, 0.1) is 0 Å². The summed E-state index contributed by atoms with van der Waals surface area (Å²) in [6.07, 6.45) is 3.66. The molecule has 0 radical (unpaired) electrons. The number of ether oxygens (including phenoxy) is 3. The van der Waals surface area contributed by atoms with Gasteiger partial charge < -0.3 is 19.5 Å². The Labute approximate surface area is 170 Å². The third-order valence-corrected chi connectivity index (χ3v) is 5.97. The topological polar surface area (TPSA) is 108 Å². The molecule has 1 aromatic carbocycles. The fourth-order valence-electron chi connectivity index (χ4n) is 2.71. The summed E-state index contributed by atoms with van der Waals surface area (Å²) < 4.78 is 38.7. The van der Waals surface area contributed by atoms with Gasteiger partial charge in [0, 0.05) is 12.1 Å². The van der Waals surface area contributed by atoms with Gasteiger partial charge in [-0.2, -0.15) is 0 Å². The van der Waals surface area contributed by atoms with E-state index in [1.54, 1.807) is 24.3 Å². The van der Waals surface area contributed by atoms with E-state index in [1.807, 2.05) is 0 Å². The van der Waals surface area contributed by atoms with Crippen LogP contribution in [0.4, 0.5) is 0 Å². The summed E-state index contributed by atoms with van der Waals surface area (Å²) in [6.45, 7) is 5.35. The van der Waals surface area contributed by atoms with Crippen LogP contribution in [0.15, 0.2) is 36.9 Å². The number of methoxy groups -OCH3 is 1. The average molecular weight is 423 g/mol. The smallest absolute Gasteiger partial charge is 0.331 e. The summed E-state index contributed by atoms with van der Waals surface area (Å²) >= 11 is 0. The summed E-state index contributed by atoms with van der Waals surface area (Å²) in [6, 6.07) is 4.69. The molecule has 8 nitrogen and oxygen atoms in total. The molecule has 1 aromatic rings. The van der Waals surface area contributed by atoms with Crippen LogP contribution >= 0.6 is 0 Å². The van der Waals surface area contributed by atoms with E-state index in [-0.39, 0.29) is 11.5 Å². The lowest BCUT2D eigenvalue weighted by Crippen LogP contribution is -2.42. The minimum Gasteiger partial charge on any atom is -0.493 e. The summed E-state index contributed by atoms with van der Waals surface area (Å²) in [5.74, 6) is -0.214. The first kappa shape index (κ1) is 22.5. The second-order valence-electron chi connectivity index (χ2n) is 6.53. The van der Waals surface area contributed by atoms with E-state index in [9.17, 15) is 18.0 Å². The Morgan fingerprint density at radius 3 is 2.72 bits per heavy atom. The first-order chi connectivity index (χ1) is 13.7. The lowest BCUT2D eigenvalue weighted by atomic mass is 10.2. The maximum absolute atomic E-state index is 12.1. The van der Waals surface area contributed by atoms with Crippen molar-refractivity contribution in [1.29, 1.82) is 0 Å². The van der Waals surface area contributed by atoms with Crippen LogP contribution in [0.2, 0.25) is 0 Å². The number of benzene rings is 1. The largest absolute Gasteiger partial charge is 0.493 e. The van der Waals surface area contributed by atoms with E-state index in [4.69, 9.17) is 14.2 Å². The Hall–Kier alpha value is -2.81. The van der Waals surface area contributed by atoms with Crippen molar-refractivity contribution in [2.24, 2.45) is 0 Å². The summed E-state index contributed by atoms with van der Waals surface area (Å²) in [4.78, 5) is 24.1. The highest BCUT2D eigenvalue weighted by Gasteiger charge is 2.30. The number of carbonyl (C=O) groups is 2. The molecule has 29 heavy (non-hydrogen) atoms. The molecule has 158 valence electrons. The molecule has 0 spiro atoms. The monoisotopic (exact) mass is 423 g/mol. The quantitative estimate of drug-likeness (QED) is 0.364. The van der Waals surface area contributed by atoms with Gasteiger partial charge in [0.05, 0.1) is 18.6 Å². The molecule has 1 fully saturated rings. The fourth-order valence-corrected chi connectivity index (χ4v) is 4.39. The van der Waals surface area contributed by atoms with Crippen molar-refractivity contribution in [2.75, 3.05) is 25.2 Å². The van der Waals surface area contributed by atoms with Crippen molar-refractivity contribution < 1.29 is 32.2 Å². The second-order valence-corrected chi connectivity index (χ2v) is 8.76. The third kappa shape index (κ3) is 6.94. The molecule has 2 atom stereocenters. The zero-order chi connectivity index (χ0) is 21.4. The Morgan fingerprint density at radius 2 is 2.10 bits per heavy atom. The number of carbonyl (C=O) groups excluding carboxylic acids is 2. The molecule has 9 heteroatoms. The molecule has 1 saturated heterocycles. The summed E-state index contributed by atoms with van der Waals surface area (Å²) in [5, 5.41) is 2.59. The number of esters is 1. The molecule has 0 aliphatic carbocycles. The number of hydrogen-bond acceptors (Lipinski definition) is 7. The van der Waals surface area contributed by atoms with E-state index in [1.165, 1.54) is 26.2 Å². The number of rotatable bonds is 9. The Morgan fingerprint density at radius 1 is 1.34 bits per heavy atom. The van der Waals surface area contributed by atoms with Crippen molar-refractivity contribution in [3.63, 3.8) is 0 Å². The van der Waals surface area contributed by atoms with Crippen molar-refractivity contribution in [3.8, 4) is 11.5 Å². The van der Waals surface area contributed by atoms with Gasteiger partial charge in [-0.1, -0.05) is 18.7 Å². The minimum atomic E-state index is -3.10. The van der Waals surface area contributed by atoms with Gasteiger partial charge in [0.25, 0.3) is 5.91 Å². The maximum atomic E-state index is 12.1. The highest BCUT2D eigenvalue weighted by atomic mass is 32.2. The average Bonchev–Trinajstić information content (AvgIpc) is 3.03. The molecule has 1 N–H and O–H groups in total. The standard InChI is InChI=1S/C20H25NO7S/c1-4-10-27-17-7-5-15(12-18(17)26-3)6-8-19(22)28-14(2)20(23)21-16-9-11-29(24,25)13-16/h4-8,12,14,16H,1,9-11,13H2,2-3H3,(H,21,23)/b8-6+/t14-,16+/m0/s1. The highest BCUT2D eigenvalue weighted by molar-refractivity contribution is 7.91. The van der Waals surface area contributed by atoms with Crippen LogP contribution in [0.25, 0.3) is 6.08 Å². The molecule has 0 aromatic heterocycles. The van der Waals surface area contributed by atoms with Gasteiger partial charge in [0.1, 0.15) is 6.61 Å². The first-order valence-electron chi connectivity index (χ1n) is 9.05. The molecule has 0 saturated carbocycles. The van der Waals surface area contributed by atoms with Crippen LogP contribution in [-0.2, 0) is 24.2 Å². The van der Waals surface area contributed by atoms with E-state index < -0.39 is 33.9 Å².